The molecule has 0 saturated heterocycles. The Morgan fingerprint density at radius 3 is 2.43 bits per heavy atom. The topological polar surface area (TPSA) is 35.5 Å². The third kappa shape index (κ3) is 4.41. The highest BCUT2D eigenvalue weighted by Gasteiger charge is 2.33. The number of thioether (sulfide) groups is 1. The maximum absolute atomic E-state index is 12.9. The molecular formula is C16H13F3O3S. The van der Waals surface area contributed by atoms with Crippen LogP contribution in [0.5, 0.6) is 5.75 Å². The number of halogens is 3. The van der Waals surface area contributed by atoms with Gasteiger partial charge in [-0.05, 0) is 24.3 Å². The average molecular weight is 342 g/mol. The van der Waals surface area contributed by atoms with Crippen LogP contribution in [0.15, 0.2) is 53.4 Å². The largest absolute Gasteiger partial charge is 0.482 e. The average Bonchev–Trinajstić information content (AvgIpc) is 2.54. The molecule has 0 spiro atoms. The molecule has 0 aromatic heterocycles. The summed E-state index contributed by atoms with van der Waals surface area (Å²) in [6.45, 7) is 0. The number of hydrogen-bond acceptors (Lipinski definition) is 4. The Bertz CT molecular complexity index is 686. The van der Waals surface area contributed by atoms with Gasteiger partial charge in [-0.3, -0.25) is 0 Å². The molecule has 0 bridgehead atoms. The molecular weight excluding hydrogens is 329 g/mol. The van der Waals surface area contributed by atoms with Gasteiger partial charge in [0.2, 0.25) is 0 Å². The molecule has 0 saturated carbocycles. The fraction of sp³-hybridized carbons (Fsp3) is 0.188. The van der Waals surface area contributed by atoms with Gasteiger partial charge >= 0.3 is 12.1 Å². The zero-order valence-electron chi connectivity index (χ0n) is 12.1. The molecule has 0 aliphatic heterocycles. The second-order valence-corrected chi connectivity index (χ2v) is 5.35. The number of rotatable bonds is 5. The summed E-state index contributed by atoms with van der Waals surface area (Å²) in [4.78, 5) is 11.7. The van der Waals surface area contributed by atoms with Crippen molar-refractivity contribution in [2.45, 2.75) is 11.1 Å². The van der Waals surface area contributed by atoms with E-state index < -0.39 is 17.7 Å². The van der Waals surface area contributed by atoms with E-state index in [-0.39, 0.29) is 22.1 Å². The van der Waals surface area contributed by atoms with Crippen LogP contribution in [0.25, 0.3) is 0 Å². The van der Waals surface area contributed by atoms with E-state index in [9.17, 15) is 18.0 Å². The first-order chi connectivity index (χ1) is 10.9. The van der Waals surface area contributed by atoms with E-state index in [1.165, 1.54) is 31.4 Å². The number of benzene rings is 2. The normalized spacial score (nSPS) is 11.1. The predicted molar refractivity (Wildman–Crippen MR) is 80.6 cm³/mol. The smallest absolute Gasteiger partial charge is 0.417 e. The summed E-state index contributed by atoms with van der Waals surface area (Å²) in [5.41, 5.74) is -0.491. The van der Waals surface area contributed by atoms with Crippen LogP contribution in [-0.4, -0.2) is 19.0 Å². The van der Waals surface area contributed by atoms with Crippen molar-refractivity contribution in [3.8, 4) is 5.75 Å². The highest BCUT2D eigenvalue weighted by Crippen LogP contribution is 2.36. The maximum atomic E-state index is 12.9. The van der Waals surface area contributed by atoms with Crippen LogP contribution in [-0.2, 0) is 10.9 Å². The van der Waals surface area contributed by atoms with Gasteiger partial charge in [0.05, 0.1) is 12.7 Å². The van der Waals surface area contributed by atoms with Crippen LogP contribution in [0.3, 0.4) is 0 Å². The van der Waals surface area contributed by atoms with Gasteiger partial charge in [0.15, 0.2) is 0 Å². The quantitative estimate of drug-likeness (QED) is 0.451. The summed E-state index contributed by atoms with van der Waals surface area (Å²) >= 11 is 0.902. The minimum atomic E-state index is -4.42. The van der Waals surface area contributed by atoms with Crippen molar-refractivity contribution < 1.29 is 27.4 Å². The molecule has 0 atom stereocenters. The molecule has 0 amide bonds. The van der Waals surface area contributed by atoms with E-state index in [0.717, 1.165) is 17.8 Å². The first-order valence-corrected chi connectivity index (χ1v) is 7.51. The molecule has 2 rings (SSSR count). The van der Waals surface area contributed by atoms with Crippen molar-refractivity contribution in [2.75, 3.05) is 13.0 Å². The second kappa shape index (κ2) is 7.41. The molecule has 0 aliphatic carbocycles. The molecule has 7 heteroatoms. The summed E-state index contributed by atoms with van der Waals surface area (Å²) in [6.07, 6.45) is -4.42. The molecule has 122 valence electrons. The number of esters is 1. The van der Waals surface area contributed by atoms with E-state index in [4.69, 9.17) is 4.74 Å². The van der Waals surface area contributed by atoms with Gasteiger partial charge < -0.3 is 9.47 Å². The van der Waals surface area contributed by atoms with E-state index in [1.807, 2.05) is 0 Å². The van der Waals surface area contributed by atoms with Crippen molar-refractivity contribution >= 4 is 17.7 Å². The number of methoxy groups -OCH3 is 1. The highest BCUT2D eigenvalue weighted by atomic mass is 32.2. The lowest BCUT2D eigenvalue weighted by molar-refractivity contribution is -0.139. The lowest BCUT2D eigenvalue weighted by atomic mass is 10.2. The summed E-state index contributed by atoms with van der Waals surface area (Å²) < 4.78 is 48.8. The Morgan fingerprint density at radius 1 is 1.09 bits per heavy atom. The molecule has 0 heterocycles. The molecule has 3 nitrogen and oxygen atoms in total. The van der Waals surface area contributed by atoms with Crippen LogP contribution in [0.4, 0.5) is 13.2 Å². The monoisotopic (exact) mass is 342 g/mol. The van der Waals surface area contributed by atoms with Crippen LogP contribution in [0.1, 0.15) is 15.9 Å². The molecule has 0 radical (unpaired) electrons. The van der Waals surface area contributed by atoms with E-state index in [2.05, 4.69) is 4.74 Å². The number of ether oxygens (including phenoxy) is 2. The fourth-order valence-electron chi connectivity index (χ4n) is 1.85. The zero-order valence-corrected chi connectivity index (χ0v) is 12.9. The SMILES string of the molecule is COC(=O)c1ccccc1OCSc1ccccc1C(F)(F)F. The number of alkyl halides is 3. The van der Waals surface area contributed by atoms with Gasteiger partial charge in [0.25, 0.3) is 0 Å². The highest BCUT2D eigenvalue weighted by molar-refractivity contribution is 7.99. The minimum Gasteiger partial charge on any atom is -0.482 e. The first-order valence-electron chi connectivity index (χ1n) is 6.52. The Labute approximate surface area is 135 Å². The molecule has 2 aromatic rings. The van der Waals surface area contributed by atoms with Gasteiger partial charge in [-0.1, -0.05) is 36.0 Å². The predicted octanol–water partition coefficient (Wildman–Crippen LogP) is 4.62. The Balaban J connectivity index is 2.09. The summed E-state index contributed by atoms with van der Waals surface area (Å²) in [7, 11) is 1.24. The molecule has 2 aromatic carbocycles. The van der Waals surface area contributed by atoms with Gasteiger partial charge in [-0.15, -0.1) is 0 Å². The summed E-state index contributed by atoms with van der Waals surface area (Å²) in [5.74, 6) is -0.376. The lowest BCUT2D eigenvalue weighted by Gasteiger charge is -2.13. The molecule has 0 fully saturated rings. The number of hydrogen-bond donors (Lipinski definition) is 0. The molecule has 23 heavy (non-hydrogen) atoms. The van der Waals surface area contributed by atoms with Crippen molar-refractivity contribution in [3.63, 3.8) is 0 Å². The van der Waals surface area contributed by atoms with Crippen LogP contribution >= 0.6 is 11.8 Å². The van der Waals surface area contributed by atoms with E-state index in [1.54, 1.807) is 18.2 Å². The first kappa shape index (κ1) is 17.2. The van der Waals surface area contributed by atoms with E-state index >= 15 is 0 Å². The van der Waals surface area contributed by atoms with Gasteiger partial charge in [0.1, 0.15) is 17.3 Å². The lowest BCUT2D eigenvalue weighted by Crippen LogP contribution is -2.08. The molecule has 0 aliphatic rings. The molecule has 0 N–H and O–H groups in total. The fourth-order valence-corrected chi connectivity index (χ4v) is 2.68. The van der Waals surface area contributed by atoms with Crippen molar-refractivity contribution in [3.05, 3.63) is 59.7 Å². The van der Waals surface area contributed by atoms with Crippen molar-refractivity contribution in [1.82, 2.24) is 0 Å². The third-order valence-corrected chi connectivity index (χ3v) is 3.82. The zero-order chi connectivity index (χ0) is 16.9. The van der Waals surface area contributed by atoms with Crippen molar-refractivity contribution in [1.29, 1.82) is 0 Å². The minimum absolute atomic E-state index is 0.0653. The second-order valence-electron chi connectivity index (χ2n) is 4.39. The van der Waals surface area contributed by atoms with Crippen LogP contribution in [0, 0.1) is 0 Å². The van der Waals surface area contributed by atoms with E-state index in [0.29, 0.717) is 0 Å². The third-order valence-electron chi connectivity index (χ3n) is 2.91. The number of carbonyl (C=O) groups is 1. The van der Waals surface area contributed by atoms with Gasteiger partial charge in [-0.2, -0.15) is 13.2 Å². The van der Waals surface area contributed by atoms with Crippen LogP contribution < -0.4 is 4.74 Å². The Kier molecular flexibility index (Phi) is 5.54. The Hall–Kier alpha value is -2.15. The van der Waals surface area contributed by atoms with Crippen molar-refractivity contribution in [2.24, 2.45) is 0 Å². The standard InChI is InChI=1S/C16H13F3O3S/c1-21-15(20)11-6-2-4-8-13(11)22-10-23-14-9-5-3-7-12(14)16(17,18)19/h2-9H,10H2,1H3. The summed E-state index contributed by atoms with van der Waals surface area (Å²) in [6, 6.07) is 11.6. The number of para-hydroxylation sites is 1. The maximum Gasteiger partial charge on any atom is 0.417 e. The Morgan fingerprint density at radius 2 is 1.74 bits per heavy atom. The number of carbonyl (C=O) groups excluding carboxylic acids is 1. The van der Waals surface area contributed by atoms with Gasteiger partial charge in [-0.25, -0.2) is 4.79 Å². The van der Waals surface area contributed by atoms with Gasteiger partial charge in [0, 0.05) is 4.90 Å². The van der Waals surface area contributed by atoms with Crippen LogP contribution in [0.2, 0.25) is 0 Å². The summed E-state index contributed by atoms with van der Waals surface area (Å²) in [5, 5.41) is 0. The molecule has 0 unspecified atom stereocenters.